The van der Waals surface area contributed by atoms with Gasteiger partial charge in [0.15, 0.2) is 10.8 Å². The summed E-state index contributed by atoms with van der Waals surface area (Å²) < 4.78 is 5.14. The number of hydrogen-bond acceptors (Lipinski definition) is 8. The van der Waals surface area contributed by atoms with Gasteiger partial charge in [0.05, 0.1) is 10.5 Å². The first kappa shape index (κ1) is 20.0. The summed E-state index contributed by atoms with van der Waals surface area (Å²) in [6.07, 6.45) is 0. The molecule has 9 nitrogen and oxygen atoms in total. The third-order valence-electron chi connectivity index (χ3n) is 3.93. The molecule has 0 atom stereocenters. The first-order valence-electron chi connectivity index (χ1n) is 8.41. The van der Waals surface area contributed by atoms with Crippen molar-refractivity contribution < 1.29 is 19.2 Å². The number of amides is 1. The zero-order chi connectivity index (χ0) is 20.8. The number of primary amides is 1. The van der Waals surface area contributed by atoms with Crippen molar-refractivity contribution >= 4 is 34.0 Å². The molecule has 0 bridgehead atoms. The van der Waals surface area contributed by atoms with Crippen molar-refractivity contribution in [1.29, 1.82) is 0 Å². The van der Waals surface area contributed by atoms with Gasteiger partial charge in [0.2, 0.25) is 5.91 Å². The standard InChI is InChI=1S/C19H16N4O5S/c20-17(24)13-6-7-14(16(8-13)23(26)27)10-28-18(25)15-11-29-19(22-15)21-9-12-4-2-1-3-5-12/h1-8,11H,9-10H2,(H2,20,24)(H,21,22). The van der Waals surface area contributed by atoms with E-state index in [1.165, 1.54) is 23.5 Å². The van der Waals surface area contributed by atoms with E-state index in [4.69, 9.17) is 10.5 Å². The molecule has 3 N–H and O–H groups in total. The maximum atomic E-state index is 12.2. The summed E-state index contributed by atoms with van der Waals surface area (Å²) in [6.45, 7) is 0.222. The van der Waals surface area contributed by atoms with Crippen molar-refractivity contribution in [2.45, 2.75) is 13.2 Å². The zero-order valence-corrected chi connectivity index (χ0v) is 15.8. The molecule has 1 amide bonds. The Kier molecular flexibility index (Phi) is 6.15. The number of thiazole rings is 1. The minimum Gasteiger partial charge on any atom is -0.456 e. The number of ether oxygens (including phenoxy) is 1. The van der Waals surface area contributed by atoms with Crippen molar-refractivity contribution in [3.8, 4) is 0 Å². The van der Waals surface area contributed by atoms with Crippen LogP contribution in [0.2, 0.25) is 0 Å². The molecular formula is C19H16N4O5S. The fraction of sp³-hybridized carbons (Fsp3) is 0.105. The van der Waals surface area contributed by atoms with Crippen LogP contribution in [0.25, 0.3) is 0 Å². The van der Waals surface area contributed by atoms with Crippen LogP contribution in [-0.4, -0.2) is 21.8 Å². The lowest BCUT2D eigenvalue weighted by atomic mass is 10.1. The summed E-state index contributed by atoms with van der Waals surface area (Å²) in [5.41, 5.74) is 6.10. The van der Waals surface area contributed by atoms with Crippen LogP contribution in [0.15, 0.2) is 53.9 Å². The molecule has 1 heterocycles. The number of hydrogen-bond donors (Lipinski definition) is 2. The van der Waals surface area contributed by atoms with Gasteiger partial charge in [-0.05, 0) is 17.7 Å². The van der Waals surface area contributed by atoms with Gasteiger partial charge in [-0.25, -0.2) is 9.78 Å². The lowest BCUT2D eigenvalue weighted by Crippen LogP contribution is -2.12. The van der Waals surface area contributed by atoms with Gasteiger partial charge in [-0.2, -0.15) is 0 Å². The number of nitro benzene ring substituents is 1. The number of benzene rings is 2. The van der Waals surface area contributed by atoms with Crippen molar-refractivity contribution in [1.82, 2.24) is 4.98 Å². The van der Waals surface area contributed by atoms with E-state index in [1.54, 1.807) is 5.38 Å². The van der Waals surface area contributed by atoms with Gasteiger partial charge in [-0.15, -0.1) is 11.3 Å². The lowest BCUT2D eigenvalue weighted by molar-refractivity contribution is -0.385. The summed E-state index contributed by atoms with van der Waals surface area (Å²) in [6, 6.07) is 13.4. The number of anilines is 1. The summed E-state index contributed by atoms with van der Waals surface area (Å²) in [7, 11) is 0. The number of carbonyl (C=O) groups is 2. The van der Waals surface area contributed by atoms with E-state index >= 15 is 0 Å². The summed E-state index contributed by atoms with van der Waals surface area (Å²) in [5, 5.41) is 16.4. The number of esters is 1. The summed E-state index contributed by atoms with van der Waals surface area (Å²) >= 11 is 1.25. The molecule has 148 valence electrons. The second-order valence-corrected chi connectivity index (χ2v) is 6.78. The van der Waals surface area contributed by atoms with Gasteiger partial charge in [-0.3, -0.25) is 14.9 Å². The Balaban J connectivity index is 1.62. The van der Waals surface area contributed by atoms with Gasteiger partial charge in [0.1, 0.15) is 6.61 Å². The molecule has 29 heavy (non-hydrogen) atoms. The number of nitrogens with one attached hydrogen (secondary N) is 1. The van der Waals surface area contributed by atoms with Crippen LogP contribution >= 0.6 is 11.3 Å². The lowest BCUT2D eigenvalue weighted by Gasteiger charge is -2.05. The van der Waals surface area contributed by atoms with Crippen LogP contribution in [0.4, 0.5) is 10.8 Å². The zero-order valence-electron chi connectivity index (χ0n) is 15.0. The number of carbonyl (C=O) groups excluding carboxylic acids is 2. The molecule has 0 saturated carbocycles. The quantitative estimate of drug-likeness (QED) is 0.329. The molecule has 1 aromatic heterocycles. The molecule has 10 heteroatoms. The fourth-order valence-electron chi connectivity index (χ4n) is 2.45. The van der Waals surface area contributed by atoms with Gasteiger partial charge in [0.25, 0.3) is 5.69 Å². The SMILES string of the molecule is NC(=O)c1ccc(COC(=O)c2csc(NCc3ccccc3)n2)c([N+](=O)[O-])c1. The number of nitrogens with two attached hydrogens (primary N) is 1. The van der Waals surface area contributed by atoms with E-state index in [-0.39, 0.29) is 29.1 Å². The molecule has 3 rings (SSSR count). The summed E-state index contributed by atoms with van der Waals surface area (Å²) in [5.74, 6) is -1.49. The Morgan fingerprint density at radius 1 is 1.21 bits per heavy atom. The minimum absolute atomic E-state index is 0.000380. The highest BCUT2D eigenvalue weighted by Gasteiger charge is 2.19. The summed E-state index contributed by atoms with van der Waals surface area (Å²) in [4.78, 5) is 38.1. The molecule has 3 aromatic rings. The van der Waals surface area contributed by atoms with Crippen LogP contribution < -0.4 is 11.1 Å². The smallest absolute Gasteiger partial charge is 0.358 e. The third kappa shape index (κ3) is 5.14. The van der Waals surface area contributed by atoms with Crippen molar-refractivity contribution in [2.24, 2.45) is 5.73 Å². The first-order chi connectivity index (χ1) is 13.9. The Hall–Kier alpha value is -3.79. The third-order valence-corrected chi connectivity index (χ3v) is 4.73. The molecule has 0 radical (unpaired) electrons. The Morgan fingerprint density at radius 3 is 2.66 bits per heavy atom. The molecular weight excluding hydrogens is 396 g/mol. The van der Waals surface area contributed by atoms with Crippen molar-refractivity contribution in [3.63, 3.8) is 0 Å². The van der Waals surface area contributed by atoms with Crippen LogP contribution in [0.1, 0.15) is 32.0 Å². The molecule has 0 saturated heterocycles. The van der Waals surface area contributed by atoms with Crippen molar-refractivity contribution in [2.75, 3.05) is 5.32 Å². The number of rotatable bonds is 8. The molecule has 0 unspecified atom stereocenters. The molecule has 2 aromatic carbocycles. The van der Waals surface area contributed by atoms with E-state index in [2.05, 4.69) is 10.3 Å². The molecule has 0 fully saturated rings. The largest absolute Gasteiger partial charge is 0.456 e. The topological polar surface area (TPSA) is 137 Å². The van der Waals surface area contributed by atoms with E-state index in [0.717, 1.165) is 11.6 Å². The highest BCUT2D eigenvalue weighted by Crippen LogP contribution is 2.22. The Labute approximate surface area is 169 Å². The number of nitro groups is 1. The van der Waals surface area contributed by atoms with Crippen molar-refractivity contribution in [3.05, 3.63) is 86.4 Å². The monoisotopic (exact) mass is 412 g/mol. The number of aromatic nitrogens is 1. The Morgan fingerprint density at radius 2 is 1.97 bits per heavy atom. The van der Waals surface area contributed by atoms with E-state index < -0.39 is 16.8 Å². The average Bonchev–Trinajstić information content (AvgIpc) is 3.20. The van der Waals surface area contributed by atoms with Gasteiger partial charge in [0, 0.05) is 23.6 Å². The molecule has 0 aliphatic heterocycles. The van der Waals surface area contributed by atoms with Crippen LogP contribution in [0.3, 0.4) is 0 Å². The predicted octanol–water partition coefficient (Wildman–Crippen LogP) is 3.12. The van der Waals surface area contributed by atoms with Gasteiger partial charge >= 0.3 is 5.97 Å². The van der Waals surface area contributed by atoms with Gasteiger partial charge < -0.3 is 15.8 Å². The average molecular weight is 412 g/mol. The molecule has 0 aliphatic carbocycles. The second kappa shape index (κ2) is 8.93. The first-order valence-corrected chi connectivity index (χ1v) is 9.29. The molecule has 0 aliphatic rings. The highest BCUT2D eigenvalue weighted by atomic mass is 32.1. The van der Waals surface area contributed by atoms with Gasteiger partial charge in [-0.1, -0.05) is 30.3 Å². The maximum absolute atomic E-state index is 12.2. The van der Waals surface area contributed by atoms with E-state index in [1.807, 2.05) is 30.3 Å². The van der Waals surface area contributed by atoms with Crippen LogP contribution in [0, 0.1) is 10.1 Å². The number of nitrogens with zero attached hydrogens (tertiary/aromatic N) is 2. The fourth-order valence-corrected chi connectivity index (χ4v) is 3.13. The molecule has 0 spiro atoms. The van der Waals surface area contributed by atoms with Crippen LogP contribution in [-0.2, 0) is 17.9 Å². The highest BCUT2D eigenvalue weighted by molar-refractivity contribution is 7.13. The maximum Gasteiger partial charge on any atom is 0.358 e. The Bertz CT molecular complexity index is 1050. The van der Waals surface area contributed by atoms with E-state index in [0.29, 0.717) is 11.7 Å². The minimum atomic E-state index is -0.783. The van der Waals surface area contributed by atoms with Crippen LogP contribution in [0.5, 0.6) is 0 Å². The predicted molar refractivity (Wildman–Crippen MR) is 107 cm³/mol. The van der Waals surface area contributed by atoms with E-state index in [9.17, 15) is 19.7 Å². The second-order valence-electron chi connectivity index (χ2n) is 5.92. The normalized spacial score (nSPS) is 10.3.